The summed E-state index contributed by atoms with van der Waals surface area (Å²) in [5, 5.41) is 3.72. The van der Waals surface area contributed by atoms with Crippen LogP contribution in [0.3, 0.4) is 0 Å². The average Bonchev–Trinajstić information content (AvgIpc) is 2.59. The monoisotopic (exact) mass is 253 g/mol. The molecule has 0 unspecified atom stereocenters. The normalized spacial score (nSPS) is 12.0. The topological polar surface area (TPSA) is 12.0 Å². The molecule has 1 heterocycles. The number of rotatable bonds is 7. The van der Waals surface area contributed by atoms with E-state index in [0.717, 1.165) is 18.4 Å². The van der Waals surface area contributed by atoms with Crippen LogP contribution in [0.1, 0.15) is 50.3 Å². The van der Waals surface area contributed by atoms with Gasteiger partial charge in [0.25, 0.3) is 0 Å². The van der Waals surface area contributed by atoms with Gasteiger partial charge in [0.05, 0.1) is 0 Å². The summed E-state index contributed by atoms with van der Waals surface area (Å²) in [6.07, 6.45) is 2.56. The molecule has 0 aromatic carbocycles. The molecule has 0 amide bonds. The lowest BCUT2D eigenvalue weighted by Crippen LogP contribution is -2.31. The Labute approximate surface area is 111 Å². The molecule has 1 aromatic rings. The highest BCUT2D eigenvalue weighted by Gasteiger charge is 2.12. The average molecular weight is 253 g/mol. The van der Waals surface area contributed by atoms with E-state index in [0.29, 0.717) is 6.04 Å². The molecule has 17 heavy (non-hydrogen) atoms. The highest BCUT2D eigenvalue weighted by Crippen LogP contribution is 2.17. The molecule has 0 radical (unpaired) electrons. The molecule has 98 valence electrons. The standard InChI is InChI=1S/C15H27NS/c1-11(2)8-14(9-12(3)4)16-10-15-7-6-13(5)17-15/h6-7,11-12,14,16H,8-10H2,1-5H3. The molecule has 0 aliphatic carbocycles. The third-order valence-electron chi connectivity index (χ3n) is 2.87. The summed E-state index contributed by atoms with van der Waals surface area (Å²) < 4.78 is 0. The van der Waals surface area contributed by atoms with Crippen LogP contribution in [-0.2, 0) is 6.54 Å². The van der Waals surface area contributed by atoms with Gasteiger partial charge in [0.15, 0.2) is 0 Å². The molecule has 0 bridgehead atoms. The molecule has 2 heteroatoms. The molecular weight excluding hydrogens is 226 g/mol. The fourth-order valence-electron chi connectivity index (χ4n) is 2.23. The largest absolute Gasteiger partial charge is 0.309 e. The summed E-state index contributed by atoms with van der Waals surface area (Å²) in [6, 6.07) is 5.12. The van der Waals surface area contributed by atoms with Gasteiger partial charge in [-0.25, -0.2) is 0 Å². The quantitative estimate of drug-likeness (QED) is 0.748. The molecule has 0 atom stereocenters. The van der Waals surface area contributed by atoms with Crippen LogP contribution in [0.5, 0.6) is 0 Å². The first kappa shape index (κ1) is 14.7. The first-order chi connectivity index (χ1) is 7.97. The van der Waals surface area contributed by atoms with Gasteiger partial charge in [-0.1, -0.05) is 27.7 Å². The Morgan fingerprint density at radius 1 is 1.06 bits per heavy atom. The Hall–Kier alpha value is -0.340. The number of hydrogen-bond acceptors (Lipinski definition) is 2. The molecule has 0 saturated carbocycles. The van der Waals surface area contributed by atoms with Crippen molar-refractivity contribution >= 4 is 11.3 Å². The second kappa shape index (κ2) is 7.17. The second-order valence-electron chi connectivity index (χ2n) is 5.85. The van der Waals surface area contributed by atoms with Crippen LogP contribution in [0, 0.1) is 18.8 Å². The Kier molecular flexibility index (Phi) is 6.21. The maximum Gasteiger partial charge on any atom is 0.0302 e. The third-order valence-corrected chi connectivity index (χ3v) is 3.87. The van der Waals surface area contributed by atoms with Gasteiger partial charge in [-0.3, -0.25) is 0 Å². The molecule has 0 fully saturated rings. The van der Waals surface area contributed by atoms with Crippen LogP contribution in [0.15, 0.2) is 12.1 Å². The Morgan fingerprint density at radius 2 is 1.65 bits per heavy atom. The smallest absolute Gasteiger partial charge is 0.0302 e. The van der Waals surface area contributed by atoms with Crippen molar-refractivity contribution in [3.63, 3.8) is 0 Å². The predicted molar refractivity (Wildman–Crippen MR) is 78.6 cm³/mol. The molecule has 0 saturated heterocycles. The highest BCUT2D eigenvalue weighted by atomic mass is 32.1. The zero-order chi connectivity index (χ0) is 12.8. The van der Waals surface area contributed by atoms with Gasteiger partial charge in [-0.2, -0.15) is 0 Å². The van der Waals surface area contributed by atoms with Crippen molar-refractivity contribution in [3.05, 3.63) is 21.9 Å². The molecular formula is C15H27NS. The van der Waals surface area contributed by atoms with Crippen LogP contribution in [0.4, 0.5) is 0 Å². The molecule has 1 N–H and O–H groups in total. The summed E-state index contributed by atoms with van der Waals surface area (Å²) in [7, 11) is 0. The maximum atomic E-state index is 3.72. The first-order valence-electron chi connectivity index (χ1n) is 6.76. The van der Waals surface area contributed by atoms with Crippen LogP contribution < -0.4 is 5.32 Å². The summed E-state index contributed by atoms with van der Waals surface area (Å²) in [4.78, 5) is 2.87. The van der Waals surface area contributed by atoms with Crippen molar-refractivity contribution in [3.8, 4) is 0 Å². The molecule has 1 aromatic heterocycles. The van der Waals surface area contributed by atoms with Gasteiger partial charge < -0.3 is 5.32 Å². The van der Waals surface area contributed by atoms with Crippen LogP contribution in [-0.4, -0.2) is 6.04 Å². The second-order valence-corrected chi connectivity index (χ2v) is 7.22. The minimum absolute atomic E-state index is 0.664. The predicted octanol–water partition coefficient (Wildman–Crippen LogP) is 4.61. The number of thiophene rings is 1. The molecule has 1 rings (SSSR count). The molecule has 0 aliphatic heterocycles. The summed E-state index contributed by atoms with van der Waals surface area (Å²) in [5.41, 5.74) is 0. The minimum Gasteiger partial charge on any atom is -0.309 e. The summed E-state index contributed by atoms with van der Waals surface area (Å²) in [5.74, 6) is 1.55. The van der Waals surface area contributed by atoms with Gasteiger partial charge in [-0.15, -0.1) is 11.3 Å². The fourth-order valence-corrected chi connectivity index (χ4v) is 3.07. The van der Waals surface area contributed by atoms with E-state index in [-0.39, 0.29) is 0 Å². The number of nitrogens with one attached hydrogen (secondary N) is 1. The van der Waals surface area contributed by atoms with Crippen LogP contribution in [0.2, 0.25) is 0 Å². The highest BCUT2D eigenvalue weighted by molar-refractivity contribution is 7.11. The van der Waals surface area contributed by atoms with E-state index in [9.17, 15) is 0 Å². The SMILES string of the molecule is Cc1ccc(CNC(CC(C)C)CC(C)C)s1. The number of aryl methyl sites for hydroxylation is 1. The van der Waals surface area contributed by atoms with Crippen molar-refractivity contribution in [2.75, 3.05) is 0 Å². The zero-order valence-electron chi connectivity index (χ0n) is 11.9. The van der Waals surface area contributed by atoms with E-state index in [1.807, 2.05) is 11.3 Å². The van der Waals surface area contributed by atoms with Gasteiger partial charge in [0, 0.05) is 22.3 Å². The lowest BCUT2D eigenvalue weighted by Gasteiger charge is -2.22. The van der Waals surface area contributed by atoms with Gasteiger partial charge in [0.2, 0.25) is 0 Å². The minimum atomic E-state index is 0.664. The zero-order valence-corrected chi connectivity index (χ0v) is 12.7. The van der Waals surface area contributed by atoms with Crippen molar-refractivity contribution in [2.45, 2.75) is 60.0 Å². The van der Waals surface area contributed by atoms with E-state index in [4.69, 9.17) is 0 Å². The Bertz CT molecular complexity index is 304. The van der Waals surface area contributed by atoms with Gasteiger partial charge in [-0.05, 0) is 43.7 Å². The van der Waals surface area contributed by atoms with Crippen LogP contribution >= 0.6 is 11.3 Å². The number of hydrogen-bond donors (Lipinski definition) is 1. The lowest BCUT2D eigenvalue weighted by molar-refractivity contribution is 0.359. The molecule has 0 spiro atoms. The van der Waals surface area contributed by atoms with Crippen molar-refractivity contribution in [2.24, 2.45) is 11.8 Å². The van der Waals surface area contributed by atoms with Crippen LogP contribution in [0.25, 0.3) is 0 Å². The lowest BCUT2D eigenvalue weighted by atomic mass is 9.95. The summed E-state index contributed by atoms with van der Waals surface area (Å²) in [6.45, 7) is 12.4. The molecule has 1 nitrogen and oxygen atoms in total. The van der Waals surface area contributed by atoms with E-state index in [2.05, 4.69) is 52.1 Å². The summed E-state index contributed by atoms with van der Waals surface area (Å²) >= 11 is 1.90. The Morgan fingerprint density at radius 3 is 2.06 bits per heavy atom. The van der Waals surface area contributed by atoms with Crippen molar-refractivity contribution in [1.82, 2.24) is 5.32 Å². The van der Waals surface area contributed by atoms with Crippen molar-refractivity contribution in [1.29, 1.82) is 0 Å². The third kappa shape index (κ3) is 6.23. The van der Waals surface area contributed by atoms with Gasteiger partial charge >= 0.3 is 0 Å². The van der Waals surface area contributed by atoms with E-state index >= 15 is 0 Å². The first-order valence-corrected chi connectivity index (χ1v) is 7.57. The van der Waals surface area contributed by atoms with Crippen molar-refractivity contribution < 1.29 is 0 Å². The van der Waals surface area contributed by atoms with Gasteiger partial charge in [0.1, 0.15) is 0 Å². The molecule has 0 aliphatic rings. The van der Waals surface area contributed by atoms with E-state index in [1.54, 1.807) is 0 Å². The fraction of sp³-hybridized carbons (Fsp3) is 0.733. The Balaban J connectivity index is 2.42. The maximum absolute atomic E-state index is 3.72. The van der Waals surface area contributed by atoms with E-state index in [1.165, 1.54) is 22.6 Å². The van der Waals surface area contributed by atoms with E-state index < -0.39 is 0 Å².